The Morgan fingerprint density at radius 3 is 2.83 bits per heavy atom. The number of aryl methyl sites for hydroxylation is 3. The zero-order valence-electron chi connectivity index (χ0n) is 14.0. The normalized spacial score (nSPS) is 15.1. The van der Waals surface area contributed by atoms with Gasteiger partial charge in [0.05, 0.1) is 10.2 Å². The molecule has 0 fully saturated rings. The van der Waals surface area contributed by atoms with E-state index >= 15 is 0 Å². The smallest absolute Gasteiger partial charge is 0.317 e. The van der Waals surface area contributed by atoms with Gasteiger partial charge in [-0.2, -0.15) is 16.8 Å². The molecule has 3 rings (SSSR count). The van der Waals surface area contributed by atoms with Crippen LogP contribution in [0.15, 0.2) is 29.1 Å². The van der Waals surface area contributed by atoms with Gasteiger partial charge in [0.2, 0.25) is 5.76 Å². The van der Waals surface area contributed by atoms with Gasteiger partial charge < -0.3 is 14.0 Å². The molecule has 1 aliphatic heterocycles. The molecule has 128 valence electrons. The summed E-state index contributed by atoms with van der Waals surface area (Å²) >= 11 is 3.30. The number of ether oxygens (including phenoxy) is 2. The van der Waals surface area contributed by atoms with Crippen LogP contribution in [0.4, 0.5) is 0 Å². The molecule has 1 amide bonds. The highest BCUT2D eigenvalue weighted by atomic mass is 32.2. The van der Waals surface area contributed by atoms with Gasteiger partial charge in [0.25, 0.3) is 0 Å². The molecule has 0 bridgehead atoms. The lowest BCUT2D eigenvalue weighted by Gasteiger charge is -2.12. The third-order valence-electron chi connectivity index (χ3n) is 3.87. The Morgan fingerprint density at radius 1 is 1.33 bits per heavy atom. The molecular weight excluding hydrogens is 344 g/mol. The average molecular weight is 364 g/mol. The second-order valence-corrected chi connectivity index (χ2v) is 7.55. The molecule has 0 spiro atoms. The van der Waals surface area contributed by atoms with Crippen LogP contribution in [0.3, 0.4) is 0 Å². The number of thiazole rings is 1. The fourth-order valence-corrected chi connectivity index (χ4v) is 3.93. The lowest BCUT2D eigenvalue weighted by molar-refractivity contribution is -0.119. The van der Waals surface area contributed by atoms with Crippen LogP contribution < -0.4 is 4.80 Å². The maximum absolute atomic E-state index is 12.4. The van der Waals surface area contributed by atoms with Crippen LogP contribution in [0.25, 0.3) is 10.2 Å². The third kappa shape index (κ3) is 3.52. The monoisotopic (exact) mass is 364 g/mol. The fraction of sp³-hybridized carbons (Fsp3) is 0.412. The first kappa shape index (κ1) is 17.1. The second kappa shape index (κ2) is 7.44. The first-order valence-electron chi connectivity index (χ1n) is 7.73. The summed E-state index contributed by atoms with van der Waals surface area (Å²) in [7, 11) is 0. The molecule has 0 radical (unpaired) electrons. The minimum absolute atomic E-state index is 0.169. The van der Waals surface area contributed by atoms with Gasteiger partial charge in [-0.25, -0.2) is 0 Å². The summed E-state index contributed by atoms with van der Waals surface area (Å²) in [6.45, 7) is 5.86. The molecule has 2 heterocycles. The van der Waals surface area contributed by atoms with Gasteiger partial charge in [0.1, 0.15) is 19.5 Å². The Hall–Kier alpha value is -1.73. The van der Waals surface area contributed by atoms with Crippen LogP contribution in [0, 0.1) is 13.8 Å². The molecule has 0 unspecified atom stereocenters. The molecule has 0 N–H and O–H groups in total. The van der Waals surface area contributed by atoms with Gasteiger partial charge in [-0.3, -0.25) is 4.79 Å². The summed E-state index contributed by atoms with van der Waals surface area (Å²) in [6, 6.07) is 4.33. The maximum Gasteiger partial charge on any atom is 0.317 e. The first-order valence-corrected chi connectivity index (χ1v) is 9.94. The van der Waals surface area contributed by atoms with Crippen molar-refractivity contribution in [1.82, 2.24) is 4.57 Å². The third-order valence-corrected chi connectivity index (χ3v) is 5.51. The van der Waals surface area contributed by atoms with Crippen LogP contribution in [-0.2, 0) is 20.8 Å². The van der Waals surface area contributed by atoms with Crippen molar-refractivity contribution < 1.29 is 14.3 Å². The van der Waals surface area contributed by atoms with E-state index in [1.807, 2.05) is 0 Å². The molecule has 1 aliphatic rings. The van der Waals surface area contributed by atoms with Crippen molar-refractivity contribution in [3.8, 4) is 0 Å². The molecular formula is C17H20N2O3S2. The van der Waals surface area contributed by atoms with E-state index in [4.69, 9.17) is 9.47 Å². The van der Waals surface area contributed by atoms with E-state index in [1.54, 1.807) is 11.8 Å². The van der Waals surface area contributed by atoms with Gasteiger partial charge in [0.15, 0.2) is 4.80 Å². The van der Waals surface area contributed by atoms with Gasteiger partial charge in [-0.1, -0.05) is 11.3 Å². The number of hydrogen-bond donors (Lipinski definition) is 0. The number of hydrogen-bond acceptors (Lipinski definition) is 5. The van der Waals surface area contributed by atoms with Gasteiger partial charge >= 0.3 is 5.91 Å². The zero-order chi connectivity index (χ0) is 17.1. The standard InChI is InChI=1S/C17H20N2O3S2/c1-11-8-13-15(9-12(11)2)24-17(19(13)4-7-23-3)18-16(20)14-10-21-5-6-22-14/h8-10H,4-7H2,1-3H3. The van der Waals surface area contributed by atoms with Crippen molar-refractivity contribution >= 4 is 39.2 Å². The largest absolute Gasteiger partial charge is 0.494 e. The number of rotatable bonds is 4. The lowest BCUT2D eigenvalue weighted by atomic mass is 10.1. The van der Waals surface area contributed by atoms with E-state index in [1.165, 1.54) is 28.7 Å². The summed E-state index contributed by atoms with van der Waals surface area (Å²) in [5.41, 5.74) is 3.60. The van der Waals surface area contributed by atoms with Crippen molar-refractivity contribution in [1.29, 1.82) is 0 Å². The Labute approximate surface area is 149 Å². The minimum atomic E-state index is -0.396. The summed E-state index contributed by atoms with van der Waals surface area (Å²) in [5, 5.41) is 0. The molecule has 0 aliphatic carbocycles. The second-order valence-electron chi connectivity index (χ2n) is 5.55. The molecule has 7 heteroatoms. The number of aromatic nitrogens is 1. The van der Waals surface area contributed by atoms with Gasteiger partial charge in [-0.05, 0) is 43.4 Å². The van der Waals surface area contributed by atoms with E-state index < -0.39 is 5.91 Å². The van der Waals surface area contributed by atoms with E-state index in [0.717, 1.165) is 22.5 Å². The molecule has 0 saturated carbocycles. The highest BCUT2D eigenvalue weighted by Gasteiger charge is 2.16. The average Bonchev–Trinajstić information content (AvgIpc) is 2.90. The molecule has 2 aromatic rings. The number of nitrogens with zero attached hydrogens (tertiary/aromatic N) is 2. The number of carbonyl (C=O) groups is 1. The number of benzene rings is 1. The topological polar surface area (TPSA) is 52.8 Å². The molecule has 1 aromatic carbocycles. The van der Waals surface area contributed by atoms with E-state index in [9.17, 15) is 4.79 Å². The zero-order valence-corrected chi connectivity index (χ0v) is 15.6. The van der Waals surface area contributed by atoms with Crippen molar-refractivity contribution in [2.75, 3.05) is 25.2 Å². The van der Waals surface area contributed by atoms with E-state index in [0.29, 0.717) is 18.0 Å². The Morgan fingerprint density at radius 2 is 2.12 bits per heavy atom. The Balaban J connectivity index is 2.09. The quantitative estimate of drug-likeness (QED) is 0.837. The van der Waals surface area contributed by atoms with Gasteiger partial charge in [0, 0.05) is 12.3 Å². The SMILES string of the molecule is CSCCn1c(=NC(=O)C2=COCCO2)sc2cc(C)c(C)cc21. The predicted octanol–water partition coefficient (Wildman–Crippen LogP) is 3.00. The molecule has 1 aromatic heterocycles. The number of amides is 1. The molecule has 24 heavy (non-hydrogen) atoms. The summed E-state index contributed by atoms with van der Waals surface area (Å²) < 4.78 is 13.7. The summed E-state index contributed by atoms with van der Waals surface area (Å²) in [6.07, 6.45) is 3.42. The number of fused-ring (bicyclic) bond motifs is 1. The summed E-state index contributed by atoms with van der Waals surface area (Å²) in [5.74, 6) is 0.734. The lowest BCUT2D eigenvalue weighted by Crippen LogP contribution is -2.20. The minimum Gasteiger partial charge on any atom is -0.494 e. The first-order chi connectivity index (χ1) is 11.6. The number of thioether (sulfide) groups is 1. The number of carbonyl (C=O) groups excluding carboxylic acids is 1. The molecule has 5 nitrogen and oxygen atoms in total. The van der Waals surface area contributed by atoms with Crippen molar-refractivity contribution in [2.45, 2.75) is 20.4 Å². The fourth-order valence-electron chi connectivity index (χ4n) is 2.43. The van der Waals surface area contributed by atoms with E-state index in [2.05, 4.69) is 41.8 Å². The van der Waals surface area contributed by atoms with Crippen LogP contribution >= 0.6 is 23.1 Å². The highest BCUT2D eigenvalue weighted by Crippen LogP contribution is 2.22. The Kier molecular flexibility index (Phi) is 5.30. The van der Waals surface area contributed by atoms with Crippen LogP contribution in [0.1, 0.15) is 11.1 Å². The van der Waals surface area contributed by atoms with Crippen molar-refractivity contribution in [3.63, 3.8) is 0 Å². The predicted molar refractivity (Wildman–Crippen MR) is 98.2 cm³/mol. The van der Waals surface area contributed by atoms with Crippen molar-refractivity contribution in [2.24, 2.45) is 4.99 Å². The van der Waals surface area contributed by atoms with Crippen molar-refractivity contribution in [3.05, 3.63) is 40.1 Å². The van der Waals surface area contributed by atoms with Gasteiger partial charge in [-0.15, -0.1) is 0 Å². The summed E-state index contributed by atoms with van der Waals surface area (Å²) in [4.78, 5) is 17.3. The molecule has 0 saturated heterocycles. The highest BCUT2D eigenvalue weighted by molar-refractivity contribution is 7.98. The van der Waals surface area contributed by atoms with Crippen LogP contribution in [0.2, 0.25) is 0 Å². The Bertz CT molecular complexity index is 865. The van der Waals surface area contributed by atoms with E-state index in [-0.39, 0.29) is 5.76 Å². The maximum atomic E-state index is 12.4. The molecule has 0 atom stereocenters. The van der Waals surface area contributed by atoms with Crippen LogP contribution in [-0.4, -0.2) is 35.7 Å². The van der Waals surface area contributed by atoms with Crippen LogP contribution in [0.5, 0.6) is 0 Å².